The van der Waals surface area contributed by atoms with Crippen LogP contribution in [-0.2, 0) is 10.2 Å². The van der Waals surface area contributed by atoms with Crippen molar-refractivity contribution in [1.82, 2.24) is 10.3 Å². The number of nitrogens with one attached hydrogen (secondary N) is 2. The van der Waals surface area contributed by atoms with E-state index in [1.165, 1.54) is 11.3 Å². The van der Waals surface area contributed by atoms with Gasteiger partial charge in [0.05, 0.1) is 4.88 Å². The number of carbonyl (C=O) groups is 1. The third-order valence-corrected chi connectivity index (χ3v) is 5.57. The highest BCUT2D eigenvalue weighted by atomic mass is 35.5. The van der Waals surface area contributed by atoms with Crippen LogP contribution < -0.4 is 10.6 Å². The Morgan fingerprint density at radius 3 is 2.62 bits per heavy atom. The van der Waals surface area contributed by atoms with E-state index >= 15 is 0 Å². The van der Waals surface area contributed by atoms with E-state index in [-0.39, 0.29) is 17.4 Å². The van der Waals surface area contributed by atoms with Crippen molar-refractivity contribution in [3.63, 3.8) is 0 Å². The van der Waals surface area contributed by atoms with E-state index in [1.54, 1.807) is 0 Å². The molecule has 1 aliphatic rings. The normalized spacial score (nSPS) is 24.9. The standard InChI is InChI=1S/C13H16Cl2N4OS/c1-12(2,3)8-9(14)18-11(21-8)19-10(20)13(15)4-7(5-13)17-6-16/h7,17H,4-5H2,1-3H3,(H,18,19,20)/t7-,13-. The first-order valence-corrected chi connectivity index (χ1v) is 8.05. The van der Waals surface area contributed by atoms with Crippen LogP contribution in [0.15, 0.2) is 0 Å². The maximum absolute atomic E-state index is 12.2. The molecular weight excluding hydrogens is 331 g/mol. The minimum absolute atomic E-state index is 0.0386. The van der Waals surface area contributed by atoms with E-state index < -0.39 is 4.87 Å². The molecule has 1 saturated carbocycles. The fourth-order valence-electron chi connectivity index (χ4n) is 2.13. The van der Waals surface area contributed by atoms with Crippen LogP contribution in [0.4, 0.5) is 5.13 Å². The minimum atomic E-state index is -0.978. The second-order valence-electron chi connectivity index (χ2n) is 6.17. The molecule has 0 saturated heterocycles. The summed E-state index contributed by atoms with van der Waals surface area (Å²) in [6.07, 6.45) is 2.69. The lowest BCUT2D eigenvalue weighted by Crippen LogP contribution is -2.55. The first kappa shape index (κ1) is 16.3. The second kappa shape index (κ2) is 5.64. The summed E-state index contributed by atoms with van der Waals surface area (Å²) in [6, 6.07) is -0.0386. The van der Waals surface area contributed by atoms with E-state index in [1.807, 2.05) is 27.0 Å². The number of anilines is 1. The van der Waals surface area contributed by atoms with Crippen LogP contribution in [0.1, 0.15) is 38.5 Å². The molecule has 0 bridgehead atoms. The van der Waals surface area contributed by atoms with Crippen molar-refractivity contribution in [3.8, 4) is 6.19 Å². The van der Waals surface area contributed by atoms with Gasteiger partial charge in [-0.25, -0.2) is 4.98 Å². The summed E-state index contributed by atoms with van der Waals surface area (Å²) in [6.45, 7) is 6.10. The first-order chi connectivity index (χ1) is 9.65. The lowest BCUT2D eigenvalue weighted by Gasteiger charge is -2.40. The van der Waals surface area contributed by atoms with E-state index in [2.05, 4.69) is 15.6 Å². The van der Waals surface area contributed by atoms with E-state index in [0.717, 1.165) is 4.88 Å². The Kier molecular flexibility index (Phi) is 4.39. The molecule has 0 aromatic carbocycles. The zero-order chi connectivity index (χ0) is 15.8. The van der Waals surface area contributed by atoms with E-state index in [4.69, 9.17) is 28.5 Å². The number of hydrogen-bond donors (Lipinski definition) is 2. The highest BCUT2D eigenvalue weighted by Gasteiger charge is 2.49. The van der Waals surface area contributed by atoms with Crippen LogP contribution in [-0.4, -0.2) is 21.8 Å². The molecule has 0 aliphatic heterocycles. The quantitative estimate of drug-likeness (QED) is 0.500. The predicted octanol–water partition coefficient (Wildman–Crippen LogP) is 3.24. The van der Waals surface area contributed by atoms with Crippen molar-refractivity contribution in [3.05, 3.63) is 10.0 Å². The topological polar surface area (TPSA) is 77.8 Å². The Labute approximate surface area is 137 Å². The first-order valence-electron chi connectivity index (χ1n) is 6.47. The Bertz CT molecular complexity index is 596. The largest absolute Gasteiger partial charge is 0.321 e. The summed E-state index contributed by atoms with van der Waals surface area (Å²) in [5.41, 5.74) is -0.130. The Morgan fingerprint density at radius 1 is 1.52 bits per heavy atom. The fourth-order valence-corrected chi connectivity index (χ4v) is 3.99. The Hall–Kier alpha value is -1.03. The molecule has 1 fully saturated rings. The number of hydrogen-bond acceptors (Lipinski definition) is 5. The van der Waals surface area contributed by atoms with Gasteiger partial charge in [0.15, 0.2) is 11.3 Å². The molecule has 1 heterocycles. The predicted molar refractivity (Wildman–Crippen MR) is 84.8 cm³/mol. The van der Waals surface area contributed by atoms with Gasteiger partial charge in [-0.3, -0.25) is 4.79 Å². The molecule has 1 amide bonds. The number of halogens is 2. The molecule has 8 heteroatoms. The summed E-state index contributed by atoms with van der Waals surface area (Å²) in [4.78, 5) is 16.3. The van der Waals surface area contributed by atoms with Gasteiger partial charge < -0.3 is 10.6 Å². The van der Waals surface area contributed by atoms with Crippen LogP contribution in [0.5, 0.6) is 0 Å². The van der Waals surface area contributed by atoms with E-state index in [9.17, 15) is 4.79 Å². The van der Waals surface area contributed by atoms with Gasteiger partial charge in [0.25, 0.3) is 0 Å². The molecule has 1 aliphatic carbocycles. The lowest BCUT2D eigenvalue weighted by molar-refractivity contribution is -0.121. The fraction of sp³-hybridized carbons (Fsp3) is 0.615. The number of alkyl halides is 1. The van der Waals surface area contributed by atoms with Gasteiger partial charge in [0.2, 0.25) is 5.91 Å². The average Bonchev–Trinajstić information content (AvgIpc) is 2.68. The third kappa shape index (κ3) is 3.42. The van der Waals surface area contributed by atoms with Gasteiger partial charge in [0, 0.05) is 6.04 Å². The number of thiazole rings is 1. The second-order valence-corrected chi connectivity index (χ2v) is 8.25. The molecule has 21 heavy (non-hydrogen) atoms. The number of nitriles is 1. The van der Waals surface area contributed by atoms with Crippen molar-refractivity contribution in [1.29, 1.82) is 5.26 Å². The Morgan fingerprint density at radius 2 is 2.14 bits per heavy atom. The maximum atomic E-state index is 12.2. The van der Waals surface area contributed by atoms with Gasteiger partial charge in [0.1, 0.15) is 10.0 Å². The van der Waals surface area contributed by atoms with Crippen molar-refractivity contribution >= 4 is 45.6 Å². The molecule has 0 atom stereocenters. The summed E-state index contributed by atoms with van der Waals surface area (Å²) in [7, 11) is 0. The average molecular weight is 347 g/mol. The molecule has 0 unspecified atom stereocenters. The molecule has 0 spiro atoms. The van der Waals surface area contributed by atoms with Crippen molar-refractivity contribution in [2.75, 3.05) is 5.32 Å². The summed E-state index contributed by atoms with van der Waals surface area (Å²) >= 11 is 13.7. The molecule has 114 valence electrons. The highest BCUT2D eigenvalue weighted by Crippen LogP contribution is 2.41. The number of amides is 1. The van der Waals surface area contributed by atoms with Crippen molar-refractivity contribution < 1.29 is 4.79 Å². The van der Waals surface area contributed by atoms with Crippen LogP contribution >= 0.6 is 34.5 Å². The van der Waals surface area contributed by atoms with Crippen LogP contribution in [0.25, 0.3) is 0 Å². The molecule has 2 N–H and O–H groups in total. The molecular formula is C13H16Cl2N4OS. The van der Waals surface area contributed by atoms with Gasteiger partial charge in [-0.2, -0.15) is 5.26 Å². The van der Waals surface area contributed by atoms with Gasteiger partial charge in [-0.05, 0) is 18.3 Å². The summed E-state index contributed by atoms with van der Waals surface area (Å²) in [5, 5.41) is 14.7. The molecule has 1 aromatic heterocycles. The third-order valence-electron chi connectivity index (χ3n) is 3.30. The van der Waals surface area contributed by atoms with Crippen molar-refractivity contribution in [2.45, 2.75) is 49.9 Å². The van der Waals surface area contributed by atoms with Gasteiger partial charge >= 0.3 is 0 Å². The number of aromatic nitrogens is 1. The summed E-state index contributed by atoms with van der Waals surface area (Å²) < 4.78 is 0. The number of nitrogens with zero attached hydrogens (tertiary/aromatic N) is 2. The zero-order valence-electron chi connectivity index (χ0n) is 12.0. The molecule has 0 radical (unpaired) electrons. The van der Waals surface area contributed by atoms with Crippen LogP contribution in [0, 0.1) is 11.5 Å². The maximum Gasteiger partial charge on any atom is 0.247 e. The van der Waals surface area contributed by atoms with Crippen LogP contribution in [0.2, 0.25) is 5.15 Å². The zero-order valence-corrected chi connectivity index (χ0v) is 14.3. The molecule has 5 nitrogen and oxygen atoms in total. The summed E-state index contributed by atoms with van der Waals surface area (Å²) in [5.74, 6) is -0.300. The minimum Gasteiger partial charge on any atom is -0.321 e. The molecule has 2 rings (SSSR count). The smallest absolute Gasteiger partial charge is 0.247 e. The number of carbonyl (C=O) groups excluding carboxylic acids is 1. The SMILES string of the molecule is CC(C)(C)c1sc(NC(=O)[C@]2(Cl)C[C@H](NC#N)C2)nc1Cl. The van der Waals surface area contributed by atoms with Crippen LogP contribution in [0.3, 0.4) is 0 Å². The Balaban J connectivity index is 2.03. The number of rotatable bonds is 3. The van der Waals surface area contributed by atoms with Crippen molar-refractivity contribution in [2.24, 2.45) is 0 Å². The molecule has 1 aromatic rings. The lowest BCUT2D eigenvalue weighted by atomic mass is 9.78. The van der Waals surface area contributed by atoms with Gasteiger partial charge in [-0.1, -0.05) is 43.7 Å². The highest BCUT2D eigenvalue weighted by molar-refractivity contribution is 7.16. The monoisotopic (exact) mass is 346 g/mol. The van der Waals surface area contributed by atoms with Gasteiger partial charge in [-0.15, -0.1) is 11.6 Å². The van der Waals surface area contributed by atoms with E-state index in [0.29, 0.717) is 23.1 Å².